The predicted molar refractivity (Wildman–Crippen MR) is 89.8 cm³/mol. The van der Waals surface area contributed by atoms with Gasteiger partial charge in [-0.25, -0.2) is 0 Å². The molecule has 1 aromatic carbocycles. The van der Waals surface area contributed by atoms with E-state index in [0.717, 1.165) is 24.6 Å². The van der Waals surface area contributed by atoms with Gasteiger partial charge in [0, 0.05) is 30.5 Å². The SMILES string of the molecule is CC(C)Nc1cnnc(Nc2ccc(N3CCCC3)cc2)n1. The fraction of sp³-hybridized carbons (Fsp3) is 0.438. The minimum atomic E-state index is 0.310. The first-order valence-corrected chi connectivity index (χ1v) is 7.79. The van der Waals surface area contributed by atoms with Gasteiger partial charge >= 0.3 is 0 Å². The minimum Gasteiger partial charge on any atom is -0.372 e. The van der Waals surface area contributed by atoms with Crippen LogP contribution in [-0.4, -0.2) is 34.3 Å². The van der Waals surface area contributed by atoms with Crippen molar-refractivity contribution in [3.8, 4) is 0 Å². The summed E-state index contributed by atoms with van der Waals surface area (Å²) in [5.41, 5.74) is 2.24. The molecule has 116 valence electrons. The highest BCUT2D eigenvalue weighted by Crippen LogP contribution is 2.23. The van der Waals surface area contributed by atoms with Gasteiger partial charge in [-0.3, -0.25) is 0 Å². The first-order valence-electron chi connectivity index (χ1n) is 7.79. The van der Waals surface area contributed by atoms with Crippen LogP contribution in [0.25, 0.3) is 0 Å². The van der Waals surface area contributed by atoms with Crippen LogP contribution in [-0.2, 0) is 0 Å². The van der Waals surface area contributed by atoms with Crippen molar-refractivity contribution < 1.29 is 0 Å². The number of hydrogen-bond acceptors (Lipinski definition) is 6. The Morgan fingerprint density at radius 2 is 1.82 bits per heavy atom. The summed E-state index contributed by atoms with van der Waals surface area (Å²) in [7, 11) is 0. The molecule has 1 aliphatic heterocycles. The summed E-state index contributed by atoms with van der Waals surface area (Å²) in [5.74, 6) is 1.22. The molecule has 6 heteroatoms. The van der Waals surface area contributed by atoms with Gasteiger partial charge in [-0.05, 0) is 51.0 Å². The monoisotopic (exact) mass is 298 g/mol. The predicted octanol–water partition coefficient (Wildman–Crippen LogP) is 3.04. The highest BCUT2D eigenvalue weighted by Gasteiger charge is 2.11. The Morgan fingerprint density at radius 1 is 1.09 bits per heavy atom. The molecule has 0 unspecified atom stereocenters. The number of aromatic nitrogens is 3. The number of hydrogen-bond donors (Lipinski definition) is 2. The fourth-order valence-corrected chi connectivity index (χ4v) is 2.58. The molecule has 22 heavy (non-hydrogen) atoms. The third-order valence-electron chi connectivity index (χ3n) is 3.59. The normalized spacial score (nSPS) is 14.4. The highest BCUT2D eigenvalue weighted by molar-refractivity contribution is 5.59. The van der Waals surface area contributed by atoms with E-state index in [4.69, 9.17) is 0 Å². The van der Waals surface area contributed by atoms with Crippen molar-refractivity contribution in [1.29, 1.82) is 0 Å². The van der Waals surface area contributed by atoms with Crippen LogP contribution >= 0.6 is 0 Å². The molecule has 1 aromatic heterocycles. The largest absolute Gasteiger partial charge is 0.372 e. The summed E-state index contributed by atoms with van der Waals surface area (Å²) < 4.78 is 0. The van der Waals surface area contributed by atoms with E-state index in [1.165, 1.54) is 18.5 Å². The Hall–Kier alpha value is -2.37. The molecule has 0 radical (unpaired) electrons. The van der Waals surface area contributed by atoms with Crippen molar-refractivity contribution in [3.63, 3.8) is 0 Å². The molecule has 0 bridgehead atoms. The Balaban J connectivity index is 1.67. The summed E-state index contributed by atoms with van der Waals surface area (Å²) in [6, 6.07) is 8.69. The Morgan fingerprint density at radius 3 is 2.50 bits per heavy atom. The lowest BCUT2D eigenvalue weighted by Crippen LogP contribution is -2.17. The molecule has 2 heterocycles. The van der Waals surface area contributed by atoms with E-state index >= 15 is 0 Å². The van der Waals surface area contributed by atoms with Crippen LogP contribution in [0.1, 0.15) is 26.7 Å². The van der Waals surface area contributed by atoms with Crippen LogP contribution in [0.5, 0.6) is 0 Å². The highest BCUT2D eigenvalue weighted by atomic mass is 15.3. The van der Waals surface area contributed by atoms with Crippen LogP contribution in [0.15, 0.2) is 30.5 Å². The molecule has 1 aliphatic rings. The molecule has 2 N–H and O–H groups in total. The standard InChI is InChI=1S/C16H22N6/c1-12(2)18-15-11-17-21-16(20-15)19-13-5-7-14(8-6-13)22-9-3-4-10-22/h5-8,11-12H,3-4,9-10H2,1-2H3,(H2,18,19,20,21). The number of rotatable bonds is 5. The lowest BCUT2D eigenvalue weighted by Gasteiger charge is -2.17. The van der Waals surface area contributed by atoms with Gasteiger partial charge in [0.15, 0.2) is 5.82 Å². The average Bonchev–Trinajstić information content (AvgIpc) is 3.02. The molecule has 0 amide bonds. The second-order valence-electron chi connectivity index (χ2n) is 5.83. The minimum absolute atomic E-state index is 0.310. The van der Waals surface area contributed by atoms with Crippen molar-refractivity contribution in [3.05, 3.63) is 30.5 Å². The number of benzene rings is 1. The van der Waals surface area contributed by atoms with Crippen molar-refractivity contribution in [2.24, 2.45) is 0 Å². The van der Waals surface area contributed by atoms with Crippen LogP contribution in [0.4, 0.5) is 23.1 Å². The van der Waals surface area contributed by atoms with Gasteiger partial charge in [-0.2, -0.15) is 10.1 Å². The molecule has 0 aliphatic carbocycles. The number of nitrogens with one attached hydrogen (secondary N) is 2. The maximum absolute atomic E-state index is 4.40. The van der Waals surface area contributed by atoms with E-state index in [1.807, 2.05) is 0 Å². The lowest BCUT2D eigenvalue weighted by atomic mass is 10.2. The summed E-state index contributed by atoms with van der Waals surface area (Å²) in [6.45, 7) is 6.43. The lowest BCUT2D eigenvalue weighted by molar-refractivity contribution is 0.873. The molecular weight excluding hydrogens is 276 g/mol. The summed E-state index contributed by atoms with van der Waals surface area (Å²) in [5, 5.41) is 14.4. The molecule has 0 spiro atoms. The van der Waals surface area contributed by atoms with Gasteiger partial charge in [-0.15, -0.1) is 5.10 Å². The van der Waals surface area contributed by atoms with Crippen LogP contribution in [0, 0.1) is 0 Å². The molecule has 0 atom stereocenters. The van der Waals surface area contributed by atoms with Gasteiger partial charge in [0.2, 0.25) is 5.95 Å². The van der Waals surface area contributed by atoms with E-state index < -0.39 is 0 Å². The van der Waals surface area contributed by atoms with Gasteiger partial charge < -0.3 is 15.5 Å². The van der Waals surface area contributed by atoms with E-state index in [9.17, 15) is 0 Å². The quantitative estimate of drug-likeness (QED) is 0.884. The van der Waals surface area contributed by atoms with Gasteiger partial charge in [0.1, 0.15) is 0 Å². The molecular formula is C16H22N6. The zero-order chi connectivity index (χ0) is 15.4. The first-order chi connectivity index (χ1) is 10.7. The maximum Gasteiger partial charge on any atom is 0.249 e. The van der Waals surface area contributed by atoms with Crippen LogP contribution in [0.2, 0.25) is 0 Å². The Labute approximate surface area is 131 Å². The summed E-state index contributed by atoms with van der Waals surface area (Å²) in [4.78, 5) is 6.81. The number of nitrogens with zero attached hydrogens (tertiary/aromatic N) is 4. The summed E-state index contributed by atoms with van der Waals surface area (Å²) in [6.07, 6.45) is 4.20. The van der Waals surface area contributed by atoms with E-state index in [2.05, 4.69) is 68.8 Å². The average molecular weight is 298 g/mol. The second kappa shape index (κ2) is 6.60. The molecule has 6 nitrogen and oxygen atoms in total. The van der Waals surface area contributed by atoms with Crippen molar-refractivity contribution in [2.45, 2.75) is 32.7 Å². The molecule has 0 saturated carbocycles. The van der Waals surface area contributed by atoms with E-state index in [1.54, 1.807) is 6.20 Å². The van der Waals surface area contributed by atoms with Gasteiger partial charge in [-0.1, -0.05) is 0 Å². The fourth-order valence-electron chi connectivity index (χ4n) is 2.58. The third-order valence-corrected chi connectivity index (χ3v) is 3.59. The third kappa shape index (κ3) is 3.63. The van der Waals surface area contributed by atoms with Crippen molar-refractivity contribution in [1.82, 2.24) is 15.2 Å². The first kappa shape index (κ1) is 14.6. The molecule has 3 rings (SSSR count). The molecule has 1 saturated heterocycles. The molecule has 2 aromatic rings. The summed E-state index contributed by atoms with van der Waals surface area (Å²) >= 11 is 0. The van der Waals surface area contributed by atoms with Crippen molar-refractivity contribution >= 4 is 23.1 Å². The Bertz CT molecular complexity index is 604. The zero-order valence-electron chi connectivity index (χ0n) is 13.1. The smallest absolute Gasteiger partial charge is 0.249 e. The topological polar surface area (TPSA) is 66.0 Å². The molecule has 1 fully saturated rings. The van der Waals surface area contributed by atoms with E-state index in [0.29, 0.717) is 12.0 Å². The van der Waals surface area contributed by atoms with Gasteiger partial charge in [0.05, 0.1) is 6.20 Å². The Kier molecular flexibility index (Phi) is 4.37. The van der Waals surface area contributed by atoms with E-state index in [-0.39, 0.29) is 0 Å². The van der Waals surface area contributed by atoms with Crippen molar-refractivity contribution in [2.75, 3.05) is 28.6 Å². The maximum atomic E-state index is 4.40. The van der Waals surface area contributed by atoms with Gasteiger partial charge in [0.25, 0.3) is 0 Å². The van der Waals surface area contributed by atoms with Crippen LogP contribution < -0.4 is 15.5 Å². The van der Waals surface area contributed by atoms with Crippen LogP contribution in [0.3, 0.4) is 0 Å². The number of anilines is 4. The second-order valence-corrected chi connectivity index (χ2v) is 5.83. The zero-order valence-corrected chi connectivity index (χ0v) is 13.1.